The van der Waals surface area contributed by atoms with Gasteiger partial charge in [-0.1, -0.05) is 12.1 Å². The first kappa shape index (κ1) is 17.5. The van der Waals surface area contributed by atoms with Crippen LogP contribution in [-0.4, -0.2) is 23.4 Å². The minimum atomic E-state index is -0.454. The molecule has 28 heavy (non-hydrogen) atoms. The normalized spacial score (nSPS) is 12.4. The third-order valence-electron chi connectivity index (χ3n) is 4.05. The molecule has 0 bridgehead atoms. The second-order valence-electron chi connectivity index (χ2n) is 6.01. The van der Waals surface area contributed by atoms with E-state index in [0.29, 0.717) is 17.1 Å². The van der Waals surface area contributed by atoms with Gasteiger partial charge in [-0.05, 0) is 42.5 Å². The van der Waals surface area contributed by atoms with Crippen molar-refractivity contribution in [1.29, 1.82) is 0 Å². The van der Waals surface area contributed by atoms with Crippen molar-refractivity contribution in [2.45, 2.75) is 0 Å². The topological polar surface area (TPSA) is 92.3 Å². The van der Waals surface area contributed by atoms with Gasteiger partial charge in [0.15, 0.2) is 6.61 Å². The molecule has 3 N–H and O–H groups in total. The number of nitrogens with one attached hydrogen (secondary N) is 3. The van der Waals surface area contributed by atoms with Gasteiger partial charge in [-0.15, -0.1) is 0 Å². The van der Waals surface area contributed by atoms with Crippen molar-refractivity contribution in [3.05, 3.63) is 72.2 Å². The molecule has 0 saturated carbocycles. The number of ether oxygens (including phenoxy) is 1. The molecule has 0 radical (unpaired) electrons. The summed E-state index contributed by atoms with van der Waals surface area (Å²) in [5.74, 6) is -0.403. The number of aromatic nitrogens is 1. The predicted octanol–water partition coefficient (Wildman–Crippen LogP) is 3.55. The molecule has 2 amide bonds. The van der Waals surface area contributed by atoms with Crippen LogP contribution in [0.15, 0.2) is 60.8 Å². The number of rotatable bonds is 4. The lowest BCUT2D eigenvalue weighted by atomic mass is 10.2. The SMILES string of the molecule is O=C1COc2ccc(NC(=O)c3cccnc3Nc3ccccc3F)cc2N1. The first-order valence-electron chi connectivity index (χ1n) is 8.45. The highest BCUT2D eigenvalue weighted by atomic mass is 19.1. The van der Waals surface area contributed by atoms with Crippen molar-refractivity contribution in [2.75, 3.05) is 22.6 Å². The van der Waals surface area contributed by atoms with Crippen LogP contribution in [-0.2, 0) is 4.79 Å². The molecule has 140 valence electrons. The number of carbonyl (C=O) groups excluding carboxylic acids is 2. The van der Waals surface area contributed by atoms with Gasteiger partial charge in [-0.3, -0.25) is 9.59 Å². The Kier molecular flexibility index (Phi) is 4.59. The quantitative estimate of drug-likeness (QED) is 0.646. The number of amides is 2. The number of carbonyl (C=O) groups is 2. The van der Waals surface area contributed by atoms with Crippen molar-refractivity contribution in [3.8, 4) is 5.75 Å². The van der Waals surface area contributed by atoms with Crippen molar-refractivity contribution in [1.82, 2.24) is 4.98 Å². The molecule has 8 heteroatoms. The zero-order chi connectivity index (χ0) is 19.5. The first-order valence-corrected chi connectivity index (χ1v) is 8.45. The number of halogens is 1. The Morgan fingerprint density at radius 2 is 2.00 bits per heavy atom. The molecule has 3 aromatic rings. The average molecular weight is 378 g/mol. The number of fused-ring (bicyclic) bond motifs is 1. The monoisotopic (exact) mass is 378 g/mol. The summed E-state index contributed by atoms with van der Waals surface area (Å²) in [5.41, 5.74) is 1.40. The number of nitrogens with zero attached hydrogens (tertiary/aromatic N) is 1. The van der Waals surface area contributed by atoms with Crippen molar-refractivity contribution in [3.63, 3.8) is 0 Å². The summed E-state index contributed by atoms with van der Waals surface area (Å²) in [6.07, 6.45) is 1.51. The van der Waals surface area contributed by atoms with Gasteiger partial charge in [0.2, 0.25) is 0 Å². The van der Waals surface area contributed by atoms with E-state index in [9.17, 15) is 14.0 Å². The van der Waals surface area contributed by atoms with E-state index in [-0.39, 0.29) is 29.6 Å². The Morgan fingerprint density at radius 3 is 2.86 bits per heavy atom. The van der Waals surface area contributed by atoms with E-state index in [1.165, 1.54) is 12.3 Å². The smallest absolute Gasteiger partial charge is 0.262 e. The number of hydrogen-bond acceptors (Lipinski definition) is 5. The fourth-order valence-electron chi connectivity index (χ4n) is 2.74. The molecule has 1 aliphatic rings. The van der Waals surface area contributed by atoms with E-state index >= 15 is 0 Å². The van der Waals surface area contributed by atoms with Crippen molar-refractivity contribution in [2.24, 2.45) is 0 Å². The number of hydrogen-bond donors (Lipinski definition) is 3. The largest absolute Gasteiger partial charge is 0.482 e. The summed E-state index contributed by atoms with van der Waals surface area (Å²) < 4.78 is 19.2. The molecule has 2 heterocycles. The zero-order valence-electron chi connectivity index (χ0n) is 14.5. The minimum absolute atomic E-state index is 0.0422. The Morgan fingerprint density at radius 1 is 1.14 bits per heavy atom. The van der Waals surface area contributed by atoms with E-state index in [0.717, 1.165) is 0 Å². The molecule has 7 nitrogen and oxygen atoms in total. The van der Waals surface area contributed by atoms with Gasteiger partial charge in [0.1, 0.15) is 17.4 Å². The summed E-state index contributed by atoms with van der Waals surface area (Å²) in [6.45, 7) is -0.0422. The first-order chi connectivity index (χ1) is 13.6. The van der Waals surface area contributed by atoms with E-state index in [4.69, 9.17) is 4.74 Å². The number of benzene rings is 2. The molecule has 1 aromatic heterocycles. The summed E-state index contributed by atoms with van der Waals surface area (Å²) in [5, 5.41) is 8.27. The van der Waals surface area contributed by atoms with Crippen LogP contribution in [0.25, 0.3) is 0 Å². The summed E-state index contributed by atoms with van der Waals surface area (Å²) in [7, 11) is 0. The van der Waals surface area contributed by atoms with Crippen LogP contribution in [0, 0.1) is 5.82 Å². The molecule has 2 aromatic carbocycles. The second kappa shape index (κ2) is 7.36. The molecule has 0 fully saturated rings. The fourth-order valence-corrected chi connectivity index (χ4v) is 2.74. The van der Waals surface area contributed by atoms with Crippen LogP contribution in [0.1, 0.15) is 10.4 Å². The lowest BCUT2D eigenvalue weighted by molar-refractivity contribution is -0.118. The third kappa shape index (κ3) is 3.61. The van der Waals surface area contributed by atoms with E-state index < -0.39 is 11.7 Å². The lowest BCUT2D eigenvalue weighted by Gasteiger charge is -2.18. The maximum atomic E-state index is 13.9. The Hall–Kier alpha value is -3.94. The van der Waals surface area contributed by atoms with E-state index in [2.05, 4.69) is 20.9 Å². The maximum absolute atomic E-state index is 13.9. The van der Waals surface area contributed by atoms with Crippen LogP contribution >= 0.6 is 0 Å². The second-order valence-corrected chi connectivity index (χ2v) is 6.01. The fraction of sp³-hybridized carbons (Fsp3) is 0.0500. The third-order valence-corrected chi connectivity index (χ3v) is 4.05. The summed E-state index contributed by atoms with van der Waals surface area (Å²) >= 11 is 0. The predicted molar refractivity (Wildman–Crippen MR) is 102 cm³/mol. The van der Waals surface area contributed by atoms with Gasteiger partial charge in [-0.25, -0.2) is 9.37 Å². The van der Waals surface area contributed by atoms with Gasteiger partial charge in [-0.2, -0.15) is 0 Å². The Bertz CT molecular complexity index is 1070. The Balaban J connectivity index is 1.57. The van der Waals surface area contributed by atoms with Crippen LogP contribution in [0.3, 0.4) is 0 Å². The van der Waals surface area contributed by atoms with Crippen LogP contribution in [0.2, 0.25) is 0 Å². The molecule has 0 aliphatic carbocycles. The zero-order valence-corrected chi connectivity index (χ0v) is 14.5. The molecule has 4 rings (SSSR count). The van der Waals surface area contributed by atoms with E-state index in [1.807, 2.05) is 0 Å². The molecular formula is C20H15FN4O3. The van der Waals surface area contributed by atoms with Gasteiger partial charge in [0.25, 0.3) is 11.8 Å². The van der Waals surface area contributed by atoms with Crippen LogP contribution < -0.4 is 20.7 Å². The van der Waals surface area contributed by atoms with E-state index in [1.54, 1.807) is 48.5 Å². The lowest BCUT2D eigenvalue weighted by Crippen LogP contribution is -2.25. The molecule has 1 aliphatic heterocycles. The number of pyridine rings is 1. The minimum Gasteiger partial charge on any atom is -0.482 e. The van der Waals surface area contributed by atoms with Crippen LogP contribution in [0.4, 0.5) is 27.3 Å². The van der Waals surface area contributed by atoms with Gasteiger partial charge >= 0.3 is 0 Å². The van der Waals surface area contributed by atoms with Crippen molar-refractivity contribution < 1.29 is 18.7 Å². The maximum Gasteiger partial charge on any atom is 0.262 e. The van der Waals surface area contributed by atoms with Gasteiger partial charge in [0.05, 0.1) is 16.9 Å². The highest BCUT2D eigenvalue weighted by Gasteiger charge is 2.18. The summed E-state index contributed by atoms with van der Waals surface area (Å²) in [6, 6.07) is 14.2. The average Bonchev–Trinajstić information content (AvgIpc) is 2.70. The van der Waals surface area contributed by atoms with Crippen LogP contribution in [0.5, 0.6) is 5.75 Å². The molecular weight excluding hydrogens is 363 g/mol. The standard InChI is InChI=1S/C20H15FN4O3/c21-14-5-1-2-6-15(14)25-19-13(4-3-9-22-19)20(27)23-12-7-8-17-16(10-12)24-18(26)11-28-17/h1-10H,11H2,(H,22,25)(H,23,27)(H,24,26). The highest BCUT2D eigenvalue weighted by Crippen LogP contribution is 2.31. The van der Waals surface area contributed by atoms with Crippen molar-refractivity contribution >= 4 is 34.7 Å². The molecule has 0 saturated heterocycles. The molecule has 0 atom stereocenters. The summed E-state index contributed by atoms with van der Waals surface area (Å²) in [4.78, 5) is 28.3. The van der Waals surface area contributed by atoms with Gasteiger partial charge in [0, 0.05) is 11.9 Å². The highest BCUT2D eigenvalue weighted by molar-refractivity contribution is 6.08. The number of anilines is 4. The van der Waals surface area contributed by atoms with Gasteiger partial charge < -0.3 is 20.7 Å². The Labute approximate surface area is 159 Å². The molecule has 0 unspecified atom stereocenters. The number of para-hydroxylation sites is 1. The molecule has 0 spiro atoms.